The van der Waals surface area contributed by atoms with Gasteiger partial charge >= 0.3 is 6.03 Å². The van der Waals surface area contributed by atoms with Crippen LogP contribution in [0.4, 0.5) is 10.5 Å². The zero-order valence-electron chi connectivity index (χ0n) is 14.9. The third-order valence-electron chi connectivity index (χ3n) is 4.09. The summed E-state index contributed by atoms with van der Waals surface area (Å²) in [6.07, 6.45) is 3.47. The van der Waals surface area contributed by atoms with Crippen LogP contribution in [0.5, 0.6) is 0 Å². The summed E-state index contributed by atoms with van der Waals surface area (Å²) < 4.78 is 0. The van der Waals surface area contributed by atoms with Gasteiger partial charge in [0.1, 0.15) is 12.4 Å². The van der Waals surface area contributed by atoms with Crippen LogP contribution >= 0.6 is 0 Å². The number of amides is 2. The second-order valence-corrected chi connectivity index (χ2v) is 6.00. The highest BCUT2D eigenvalue weighted by molar-refractivity contribution is 6.02. The molecule has 28 heavy (non-hydrogen) atoms. The third kappa shape index (κ3) is 4.41. The average molecular weight is 374 g/mol. The number of aliphatic hydroxyl groups excluding tert-OH is 1. The van der Waals surface area contributed by atoms with Gasteiger partial charge in [0, 0.05) is 17.4 Å². The Bertz CT molecular complexity index is 1010. The molecule has 2 amide bonds. The van der Waals surface area contributed by atoms with E-state index in [1.165, 1.54) is 0 Å². The van der Waals surface area contributed by atoms with Gasteiger partial charge in [0.15, 0.2) is 0 Å². The zero-order valence-corrected chi connectivity index (χ0v) is 14.9. The summed E-state index contributed by atoms with van der Waals surface area (Å²) >= 11 is 0. The summed E-state index contributed by atoms with van der Waals surface area (Å²) in [5.41, 5.74) is 3.57. The molecule has 4 N–H and O–H groups in total. The Hall–Kier alpha value is -3.96. The van der Waals surface area contributed by atoms with Gasteiger partial charge in [-0.15, -0.1) is 0 Å². The van der Waals surface area contributed by atoms with Crippen molar-refractivity contribution in [3.63, 3.8) is 0 Å². The Kier molecular flexibility index (Phi) is 5.79. The number of nitriles is 1. The lowest BCUT2D eigenvalue weighted by Crippen LogP contribution is -2.40. The molecule has 0 bridgehead atoms. The van der Waals surface area contributed by atoms with Crippen LogP contribution in [0.3, 0.4) is 0 Å². The number of rotatable bonds is 5. The average Bonchev–Trinajstić information content (AvgIpc) is 3.27. The number of amidine groups is 1. The minimum atomic E-state index is -0.579. The summed E-state index contributed by atoms with van der Waals surface area (Å²) in [5.74, 6) is -0.241. The van der Waals surface area contributed by atoms with Crippen molar-refractivity contribution in [2.75, 3.05) is 11.9 Å². The molecule has 0 saturated heterocycles. The smallest absolute Gasteiger partial charge is 0.327 e. The number of benzene rings is 2. The highest BCUT2D eigenvalue weighted by atomic mass is 16.3. The van der Waals surface area contributed by atoms with Crippen molar-refractivity contribution in [2.24, 2.45) is 0 Å². The first-order valence-corrected chi connectivity index (χ1v) is 8.46. The molecule has 1 aromatic heterocycles. The van der Waals surface area contributed by atoms with Gasteiger partial charge in [-0.25, -0.2) is 4.79 Å². The molecular weight excluding hydrogens is 356 g/mol. The Balaban J connectivity index is 1.74. The topological polar surface area (TPSA) is 129 Å². The molecule has 1 heterocycles. The summed E-state index contributed by atoms with van der Waals surface area (Å²) in [6.45, 7) is -0.515. The van der Waals surface area contributed by atoms with Crippen LogP contribution in [0.2, 0.25) is 0 Å². The van der Waals surface area contributed by atoms with Crippen LogP contribution in [0.25, 0.3) is 11.1 Å². The van der Waals surface area contributed by atoms with Gasteiger partial charge in [0.2, 0.25) is 0 Å². The normalized spacial score (nSPS) is 10.1. The molecule has 0 aliphatic carbocycles. The van der Waals surface area contributed by atoms with Crippen molar-refractivity contribution in [1.29, 1.82) is 10.7 Å². The highest BCUT2D eigenvalue weighted by Crippen LogP contribution is 2.20. The van der Waals surface area contributed by atoms with Gasteiger partial charge in [-0.2, -0.15) is 10.4 Å². The van der Waals surface area contributed by atoms with Gasteiger partial charge in [-0.3, -0.25) is 15.4 Å². The van der Waals surface area contributed by atoms with Crippen LogP contribution in [-0.2, 0) is 6.54 Å². The fourth-order valence-corrected chi connectivity index (χ4v) is 2.64. The largest absolute Gasteiger partial charge is 0.388 e. The maximum absolute atomic E-state index is 12.7. The van der Waals surface area contributed by atoms with E-state index >= 15 is 0 Å². The summed E-state index contributed by atoms with van der Waals surface area (Å²) in [7, 11) is 0. The van der Waals surface area contributed by atoms with E-state index in [9.17, 15) is 9.90 Å². The SMILES string of the molecule is N#Cc1cccc(CN(C(=N)CO)C(=O)Nc2ccc(-c3cn[nH]c3)cc2)c1. The fraction of sp³-hybridized carbons (Fsp3) is 0.100. The molecule has 0 radical (unpaired) electrons. The number of hydrogen-bond donors (Lipinski definition) is 4. The second kappa shape index (κ2) is 8.62. The van der Waals surface area contributed by atoms with Gasteiger partial charge in [-0.1, -0.05) is 24.3 Å². The van der Waals surface area contributed by atoms with E-state index in [2.05, 4.69) is 15.5 Å². The molecule has 8 nitrogen and oxygen atoms in total. The molecule has 0 fully saturated rings. The Labute approximate surface area is 161 Å². The van der Waals surface area contributed by atoms with E-state index in [1.54, 1.807) is 48.8 Å². The van der Waals surface area contributed by atoms with Crippen LogP contribution < -0.4 is 5.32 Å². The van der Waals surface area contributed by atoms with Crippen molar-refractivity contribution in [3.05, 3.63) is 72.1 Å². The second-order valence-electron chi connectivity index (χ2n) is 6.00. The number of hydrogen-bond acceptors (Lipinski definition) is 5. The molecular formula is C20H18N6O2. The van der Waals surface area contributed by atoms with E-state index in [0.717, 1.165) is 16.0 Å². The molecule has 0 spiro atoms. The van der Waals surface area contributed by atoms with Gasteiger partial charge in [0.05, 0.1) is 24.4 Å². The number of aromatic amines is 1. The molecule has 140 valence electrons. The van der Waals surface area contributed by atoms with Crippen molar-refractivity contribution >= 4 is 17.6 Å². The Morgan fingerprint density at radius 3 is 2.68 bits per heavy atom. The maximum atomic E-state index is 12.7. The van der Waals surface area contributed by atoms with Crippen LogP contribution in [0, 0.1) is 16.7 Å². The number of carbonyl (C=O) groups is 1. The number of urea groups is 1. The van der Waals surface area contributed by atoms with Crippen LogP contribution in [0.15, 0.2) is 60.9 Å². The van der Waals surface area contributed by atoms with Crippen molar-refractivity contribution < 1.29 is 9.90 Å². The first kappa shape index (κ1) is 18.8. The highest BCUT2D eigenvalue weighted by Gasteiger charge is 2.19. The fourth-order valence-electron chi connectivity index (χ4n) is 2.64. The predicted octanol–water partition coefficient (Wildman–Crippen LogP) is 2.95. The van der Waals surface area contributed by atoms with Gasteiger partial charge in [0.25, 0.3) is 0 Å². The standard InChI is InChI=1S/C20H18N6O2/c21-9-14-2-1-3-15(8-14)12-26(19(22)13-27)20(28)25-18-6-4-16(5-7-18)17-10-23-24-11-17/h1-8,10-11,22,27H,12-13H2,(H,23,24)(H,25,28). The number of anilines is 1. The number of carbonyl (C=O) groups excluding carboxylic acids is 1. The third-order valence-corrected chi connectivity index (χ3v) is 4.09. The molecule has 0 aliphatic rings. The quantitative estimate of drug-likeness (QED) is 0.404. The summed E-state index contributed by atoms with van der Waals surface area (Å²) in [5, 5.41) is 35.6. The maximum Gasteiger partial charge on any atom is 0.327 e. The zero-order chi connectivity index (χ0) is 19.9. The monoisotopic (exact) mass is 374 g/mol. The number of H-pyrrole nitrogens is 1. The van der Waals surface area contributed by atoms with Crippen LogP contribution in [0.1, 0.15) is 11.1 Å². The first-order chi connectivity index (χ1) is 13.6. The number of aromatic nitrogens is 2. The predicted molar refractivity (Wildman–Crippen MR) is 105 cm³/mol. The molecule has 2 aromatic carbocycles. The van der Waals surface area contributed by atoms with E-state index in [1.807, 2.05) is 18.2 Å². The van der Waals surface area contributed by atoms with E-state index in [-0.39, 0.29) is 12.4 Å². The Morgan fingerprint density at radius 2 is 2.04 bits per heavy atom. The molecule has 0 unspecified atom stereocenters. The van der Waals surface area contributed by atoms with Crippen molar-refractivity contribution in [2.45, 2.75) is 6.54 Å². The lowest BCUT2D eigenvalue weighted by molar-refractivity contribution is 0.228. The lowest BCUT2D eigenvalue weighted by Gasteiger charge is -2.23. The first-order valence-electron chi connectivity index (χ1n) is 8.46. The molecule has 0 aliphatic heterocycles. The van der Waals surface area contributed by atoms with E-state index in [4.69, 9.17) is 10.7 Å². The van der Waals surface area contributed by atoms with Crippen molar-refractivity contribution in [3.8, 4) is 17.2 Å². The Morgan fingerprint density at radius 1 is 1.25 bits per heavy atom. The molecule has 8 heteroatoms. The van der Waals surface area contributed by atoms with Gasteiger partial charge < -0.3 is 10.4 Å². The number of aliphatic hydroxyl groups is 1. The minimum Gasteiger partial charge on any atom is -0.388 e. The molecule has 3 aromatic rings. The molecule has 0 saturated carbocycles. The summed E-state index contributed by atoms with van der Waals surface area (Å²) in [6, 6.07) is 15.5. The summed E-state index contributed by atoms with van der Waals surface area (Å²) in [4.78, 5) is 13.8. The van der Waals surface area contributed by atoms with E-state index < -0.39 is 12.6 Å². The van der Waals surface area contributed by atoms with Gasteiger partial charge in [-0.05, 0) is 35.4 Å². The van der Waals surface area contributed by atoms with Crippen molar-refractivity contribution in [1.82, 2.24) is 15.1 Å². The number of nitrogens with zero attached hydrogens (tertiary/aromatic N) is 3. The molecule has 3 rings (SSSR count). The van der Waals surface area contributed by atoms with E-state index in [0.29, 0.717) is 16.8 Å². The van der Waals surface area contributed by atoms with Crippen LogP contribution in [-0.4, -0.2) is 38.7 Å². The molecule has 0 atom stereocenters. The minimum absolute atomic E-state index is 0.0633. The number of nitrogens with one attached hydrogen (secondary N) is 3. The lowest BCUT2D eigenvalue weighted by atomic mass is 10.1.